The van der Waals surface area contributed by atoms with Crippen LogP contribution >= 0.6 is 0 Å². The van der Waals surface area contributed by atoms with Crippen molar-refractivity contribution >= 4 is 34.3 Å². The Bertz CT molecular complexity index is 1110. The molecule has 2 heterocycles. The van der Waals surface area contributed by atoms with E-state index in [0.717, 1.165) is 61.0 Å². The Labute approximate surface area is 192 Å². The number of nitrogens with zero attached hydrogens (tertiary/aromatic N) is 5. The van der Waals surface area contributed by atoms with Gasteiger partial charge < -0.3 is 25.0 Å². The number of aromatic carboxylic acids is 1. The molecule has 0 saturated carbocycles. The number of methoxy groups -OCH3 is 1. The van der Waals surface area contributed by atoms with Crippen LogP contribution in [-0.4, -0.2) is 78.3 Å². The Morgan fingerprint density at radius 3 is 2.58 bits per heavy atom. The van der Waals surface area contributed by atoms with Crippen LogP contribution in [0.25, 0.3) is 10.9 Å². The van der Waals surface area contributed by atoms with Crippen LogP contribution in [0.15, 0.2) is 59.9 Å². The summed E-state index contributed by atoms with van der Waals surface area (Å²) in [7, 11) is 1.68. The smallest absolute Gasteiger partial charge is 0.335 e. The summed E-state index contributed by atoms with van der Waals surface area (Å²) in [4.78, 5) is 29.3. The fraction of sp³-hybridized carbons (Fsp3) is 0.333. The van der Waals surface area contributed by atoms with Crippen LogP contribution in [0.5, 0.6) is 0 Å². The second-order valence-corrected chi connectivity index (χ2v) is 7.75. The predicted molar refractivity (Wildman–Crippen MR) is 129 cm³/mol. The molecular formula is C24H28N6O3. The highest BCUT2D eigenvalue weighted by Gasteiger charge is 2.22. The number of ether oxygens (including phenoxy) is 1. The first-order valence-corrected chi connectivity index (χ1v) is 11.0. The molecule has 1 aromatic heterocycles. The predicted octanol–water partition coefficient (Wildman–Crippen LogP) is 2.95. The minimum Gasteiger partial charge on any atom is -0.478 e. The van der Waals surface area contributed by atoms with Crippen molar-refractivity contribution in [3.63, 3.8) is 0 Å². The summed E-state index contributed by atoms with van der Waals surface area (Å²) in [5.41, 5.74) is 2.00. The van der Waals surface area contributed by atoms with E-state index in [9.17, 15) is 4.79 Å². The highest BCUT2D eigenvalue weighted by molar-refractivity contribution is 5.95. The Morgan fingerprint density at radius 1 is 1.09 bits per heavy atom. The number of guanidine groups is 1. The van der Waals surface area contributed by atoms with E-state index < -0.39 is 5.97 Å². The van der Waals surface area contributed by atoms with E-state index in [1.807, 2.05) is 18.2 Å². The van der Waals surface area contributed by atoms with Crippen molar-refractivity contribution in [2.75, 3.05) is 56.7 Å². The lowest BCUT2D eigenvalue weighted by Crippen LogP contribution is -2.51. The summed E-state index contributed by atoms with van der Waals surface area (Å²) in [5.74, 6) is 0.792. The van der Waals surface area contributed by atoms with Crippen molar-refractivity contribution in [1.29, 1.82) is 0 Å². The zero-order chi connectivity index (χ0) is 23.0. The van der Waals surface area contributed by atoms with E-state index in [2.05, 4.69) is 31.2 Å². The van der Waals surface area contributed by atoms with Gasteiger partial charge in [0.2, 0.25) is 0 Å². The molecule has 0 radical (unpaired) electrons. The first-order valence-electron chi connectivity index (χ1n) is 11.0. The van der Waals surface area contributed by atoms with Crippen molar-refractivity contribution < 1.29 is 14.6 Å². The number of piperazine rings is 1. The molecule has 1 saturated heterocycles. The molecule has 33 heavy (non-hydrogen) atoms. The molecule has 1 fully saturated rings. The molecule has 1 aliphatic rings. The van der Waals surface area contributed by atoms with Crippen LogP contribution in [0, 0.1) is 0 Å². The van der Waals surface area contributed by atoms with Gasteiger partial charge in [0.15, 0.2) is 5.96 Å². The van der Waals surface area contributed by atoms with Crippen LogP contribution in [0.3, 0.4) is 0 Å². The first-order chi connectivity index (χ1) is 16.2. The molecule has 3 aromatic rings. The number of aromatic nitrogens is 2. The largest absolute Gasteiger partial charge is 0.478 e. The van der Waals surface area contributed by atoms with Gasteiger partial charge in [0.25, 0.3) is 0 Å². The van der Waals surface area contributed by atoms with E-state index in [1.165, 1.54) is 0 Å². The standard InChI is InChI=1S/C24H28N6O3/c1-33-16-4-11-25-24(28-19-9-7-18(8-10-19)23(31)32)30-14-12-29(13-15-30)22-20-5-2-3-6-21(20)26-17-27-22/h2-3,5-10,17H,4,11-16H2,1H3,(H,25,28)(H,31,32). The average Bonchev–Trinajstić information content (AvgIpc) is 2.86. The lowest BCUT2D eigenvalue weighted by atomic mass is 10.2. The van der Waals surface area contributed by atoms with Crippen molar-refractivity contribution in [1.82, 2.24) is 14.9 Å². The SMILES string of the molecule is COCCCN=C(Nc1ccc(C(=O)O)cc1)N1CCN(c2ncnc3ccccc23)CC1. The maximum atomic E-state index is 11.1. The quantitative estimate of drug-likeness (QED) is 0.323. The summed E-state index contributed by atoms with van der Waals surface area (Å²) in [6.07, 6.45) is 2.45. The van der Waals surface area contributed by atoms with Gasteiger partial charge in [-0.15, -0.1) is 0 Å². The van der Waals surface area contributed by atoms with Gasteiger partial charge in [-0.1, -0.05) is 12.1 Å². The molecule has 172 valence electrons. The van der Waals surface area contributed by atoms with Crippen LogP contribution in [0.2, 0.25) is 0 Å². The van der Waals surface area contributed by atoms with Crippen LogP contribution in [0.1, 0.15) is 16.8 Å². The molecular weight excluding hydrogens is 420 g/mol. The summed E-state index contributed by atoms with van der Waals surface area (Å²) in [5, 5.41) is 13.6. The maximum absolute atomic E-state index is 11.1. The lowest BCUT2D eigenvalue weighted by Gasteiger charge is -2.37. The topological polar surface area (TPSA) is 103 Å². The van der Waals surface area contributed by atoms with Crippen LogP contribution < -0.4 is 10.2 Å². The van der Waals surface area contributed by atoms with Gasteiger partial charge in [0.05, 0.1) is 11.1 Å². The molecule has 0 atom stereocenters. The molecule has 0 unspecified atom stereocenters. The van der Waals surface area contributed by atoms with E-state index in [4.69, 9.17) is 14.8 Å². The number of hydrogen-bond donors (Lipinski definition) is 2. The number of carboxylic acids is 1. The molecule has 4 rings (SSSR count). The maximum Gasteiger partial charge on any atom is 0.335 e. The fourth-order valence-corrected chi connectivity index (χ4v) is 3.81. The van der Waals surface area contributed by atoms with Crippen LogP contribution in [-0.2, 0) is 4.74 Å². The Hall–Kier alpha value is -3.72. The van der Waals surface area contributed by atoms with Crippen molar-refractivity contribution in [2.45, 2.75) is 6.42 Å². The van der Waals surface area contributed by atoms with Gasteiger partial charge in [0.1, 0.15) is 12.1 Å². The van der Waals surface area contributed by atoms with Crippen molar-refractivity contribution in [2.24, 2.45) is 4.99 Å². The molecule has 9 nitrogen and oxygen atoms in total. The Balaban J connectivity index is 1.46. The minimum atomic E-state index is -0.941. The first kappa shape index (κ1) is 22.5. The third kappa shape index (κ3) is 5.56. The van der Waals surface area contributed by atoms with Gasteiger partial charge in [-0.2, -0.15) is 0 Å². The molecule has 0 bridgehead atoms. The summed E-state index contributed by atoms with van der Waals surface area (Å²) in [6.45, 7) is 4.46. The van der Waals surface area contributed by atoms with Gasteiger partial charge in [-0.25, -0.2) is 14.8 Å². The van der Waals surface area contributed by atoms with Gasteiger partial charge in [-0.3, -0.25) is 4.99 Å². The zero-order valence-electron chi connectivity index (χ0n) is 18.6. The second kappa shape index (κ2) is 10.7. The molecule has 0 amide bonds. The molecule has 9 heteroatoms. The molecule has 0 spiro atoms. The highest BCUT2D eigenvalue weighted by atomic mass is 16.5. The van der Waals surface area contributed by atoms with E-state index in [1.54, 1.807) is 37.7 Å². The van der Waals surface area contributed by atoms with Crippen molar-refractivity contribution in [3.05, 3.63) is 60.4 Å². The summed E-state index contributed by atoms with van der Waals surface area (Å²) in [6, 6.07) is 14.8. The van der Waals surface area contributed by atoms with Gasteiger partial charge in [-0.05, 0) is 42.8 Å². The zero-order valence-corrected chi connectivity index (χ0v) is 18.6. The third-order valence-electron chi connectivity index (χ3n) is 5.56. The summed E-state index contributed by atoms with van der Waals surface area (Å²) < 4.78 is 5.14. The minimum absolute atomic E-state index is 0.254. The van der Waals surface area contributed by atoms with E-state index in [0.29, 0.717) is 13.2 Å². The molecule has 1 aliphatic heterocycles. The third-order valence-corrected chi connectivity index (χ3v) is 5.56. The lowest BCUT2D eigenvalue weighted by molar-refractivity contribution is 0.0697. The van der Waals surface area contributed by atoms with Crippen molar-refractivity contribution in [3.8, 4) is 0 Å². The van der Waals surface area contributed by atoms with E-state index in [-0.39, 0.29) is 5.56 Å². The molecule has 2 N–H and O–H groups in total. The monoisotopic (exact) mass is 448 g/mol. The second-order valence-electron chi connectivity index (χ2n) is 7.75. The number of benzene rings is 2. The van der Waals surface area contributed by atoms with Gasteiger partial charge >= 0.3 is 5.97 Å². The molecule has 2 aromatic carbocycles. The number of rotatable bonds is 7. The molecule has 0 aliphatic carbocycles. The Kier molecular flexibility index (Phi) is 7.31. The number of para-hydroxylation sites is 1. The van der Waals surface area contributed by atoms with Crippen LogP contribution in [0.4, 0.5) is 11.5 Å². The highest BCUT2D eigenvalue weighted by Crippen LogP contribution is 2.23. The summed E-state index contributed by atoms with van der Waals surface area (Å²) >= 11 is 0. The fourth-order valence-electron chi connectivity index (χ4n) is 3.81. The number of anilines is 2. The van der Waals surface area contributed by atoms with Gasteiger partial charge in [0, 0.05) is 57.5 Å². The number of aliphatic imine (C=N–C) groups is 1. The number of hydrogen-bond acceptors (Lipinski definition) is 6. The van der Waals surface area contributed by atoms with E-state index >= 15 is 0 Å². The average molecular weight is 449 g/mol. The number of fused-ring (bicyclic) bond motifs is 1. The number of carbonyl (C=O) groups is 1. The Morgan fingerprint density at radius 2 is 1.85 bits per heavy atom. The normalized spacial score (nSPS) is 14.5. The number of carboxylic acid groups (broad SMARTS) is 1. The number of nitrogens with one attached hydrogen (secondary N) is 1.